The molecule has 0 spiro atoms. The Morgan fingerprint density at radius 1 is 0.945 bits per heavy atom. The highest BCUT2D eigenvalue weighted by Gasteiger charge is 2.39. The number of halogens is 4. The van der Waals surface area contributed by atoms with Gasteiger partial charge in [-0.15, -0.1) is 0 Å². The zero-order valence-corrected chi connectivity index (χ0v) is 31.7. The molecule has 292 valence electrons. The molecule has 1 unspecified atom stereocenters. The van der Waals surface area contributed by atoms with Gasteiger partial charge in [-0.2, -0.15) is 18.2 Å². The third kappa shape index (κ3) is 8.51. The maximum atomic E-state index is 14.5. The first-order valence-corrected chi connectivity index (χ1v) is 18.4. The lowest BCUT2D eigenvalue weighted by Crippen LogP contribution is -2.48. The number of fused-ring (bicyclic) bond motifs is 1. The second-order valence-corrected chi connectivity index (χ2v) is 14.2. The van der Waals surface area contributed by atoms with Crippen molar-refractivity contribution in [3.05, 3.63) is 87.4 Å². The van der Waals surface area contributed by atoms with Crippen LogP contribution in [0, 0.1) is 0 Å². The highest BCUT2D eigenvalue weighted by molar-refractivity contribution is 6.36. The van der Waals surface area contributed by atoms with Gasteiger partial charge >= 0.3 is 12.1 Å². The Balaban J connectivity index is 1.25. The van der Waals surface area contributed by atoms with Crippen molar-refractivity contribution < 1.29 is 42.1 Å². The van der Waals surface area contributed by atoms with E-state index in [1.165, 1.54) is 14.0 Å². The predicted molar refractivity (Wildman–Crippen MR) is 200 cm³/mol. The fourth-order valence-corrected chi connectivity index (χ4v) is 7.29. The average molecular weight is 782 g/mol. The second kappa shape index (κ2) is 16.4. The molecule has 1 aliphatic carbocycles. The summed E-state index contributed by atoms with van der Waals surface area (Å²) >= 11 is 7.10. The van der Waals surface area contributed by atoms with E-state index in [0.29, 0.717) is 60.1 Å². The Hall–Kier alpha value is -4.92. The van der Waals surface area contributed by atoms with Gasteiger partial charge in [-0.1, -0.05) is 61.0 Å². The molecular weight excluding hydrogens is 739 g/mol. The standard InChI is InChI=1S/C40H43ClF3N5O6/c1-5-39(2,38(51)52)46-20-23-18-30(40(42,43)44)37(49-36(23)54-4)55-32-16-14-26-25(8-6-9-27(26)32)28-10-7-11-29(34(28)41)31-15-12-22(35(48-31)53-3)19-45-21-24-13-17-33(50)47-24/h6-12,15,18,24,32,45-46H,5,13-14,16-17,19-21H2,1-4H3,(H,47,50)(H,51,52)/t24-,32-,39?/m0/s1. The van der Waals surface area contributed by atoms with Crippen LogP contribution in [0.15, 0.2) is 54.6 Å². The van der Waals surface area contributed by atoms with Crippen LogP contribution in [0.1, 0.15) is 73.5 Å². The van der Waals surface area contributed by atoms with Crippen LogP contribution < -0.4 is 30.2 Å². The Labute approximate surface area is 322 Å². The van der Waals surface area contributed by atoms with Crippen molar-refractivity contribution in [2.75, 3.05) is 20.8 Å². The molecule has 55 heavy (non-hydrogen) atoms. The highest BCUT2D eigenvalue weighted by atomic mass is 35.5. The van der Waals surface area contributed by atoms with Crippen LogP contribution in [-0.4, -0.2) is 59.3 Å². The largest absolute Gasteiger partial charge is 0.481 e. The summed E-state index contributed by atoms with van der Waals surface area (Å²) in [5.74, 6) is -1.36. The fourth-order valence-electron chi connectivity index (χ4n) is 6.97. The first-order valence-electron chi connectivity index (χ1n) is 18.0. The molecule has 2 aliphatic rings. The molecule has 0 saturated carbocycles. The fraction of sp³-hybridized carbons (Fsp3) is 0.400. The molecule has 3 atom stereocenters. The molecule has 3 heterocycles. The third-order valence-electron chi connectivity index (χ3n) is 10.3. The lowest BCUT2D eigenvalue weighted by molar-refractivity contribution is -0.144. The Morgan fingerprint density at radius 2 is 1.65 bits per heavy atom. The van der Waals surface area contributed by atoms with Crippen molar-refractivity contribution in [1.82, 2.24) is 25.9 Å². The summed E-state index contributed by atoms with van der Waals surface area (Å²) in [6, 6.07) is 16.0. The van der Waals surface area contributed by atoms with Gasteiger partial charge in [0.1, 0.15) is 17.2 Å². The number of aliphatic carboxylic acids is 1. The van der Waals surface area contributed by atoms with E-state index < -0.39 is 35.2 Å². The van der Waals surface area contributed by atoms with E-state index in [-0.39, 0.29) is 36.4 Å². The summed E-state index contributed by atoms with van der Waals surface area (Å²) in [7, 11) is 2.84. The van der Waals surface area contributed by atoms with Gasteiger partial charge in [0.05, 0.1) is 24.9 Å². The minimum atomic E-state index is -4.82. The Bertz CT molecular complexity index is 2080. The molecule has 15 heteroatoms. The number of benzene rings is 2. The van der Waals surface area contributed by atoms with Crippen LogP contribution in [0.5, 0.6) is 17.6 Å². The zero-order valence-electron chi connectivity index (χ0n) is 30.9. The number of carbonyl (C=O) groups excluding carboxylic acids is 1. The van der Waals surface area contributed by atoms with Crippen molar-refractivity contribution in [3.8, 4) is 40.0 Å². The first-order chi connectivity index (χ1) is 26.3. The van der Waals surface area contributed by atoms with E-state index in [0.717, 1.165) is 34.7 Å². The number of aromatic nitrogens is 2. The summed E-state index contributed by atoms with van der Waals surface area (Å²) < 4.78 is 60.5. The number of nitrogens with one attached hydrogen (secondary N) is 3. The number of alkyl halides is 3. The van der Waals surface area contributed by atoms with Crippen LogP contribution in [0.3, 0.4) is 0 Å². The smallest absolute Gasteiger partial charge is 0.421 e. The third-order valence-corrected chi connectivity index (χ3v) is 10.7. The monoisotopic (exact) mass is 781 g/mol. The van der Waals surface area contributed by atoms with Gasteiger partial charge < -0.3 is 30.0 Å². The Morgan fingerprint density at radius 3 is 2.33 bits per heavy atom. The number of methoxy groups -OCH3 is 2. The summed E-state index contributed by atoms with van der Waals surface area (Å²) in [4.78, 5) is 32.2. The minimum absolute atomic E-state index is 0.0424. The number of carboxylic acid groups (broad SMARTS) is 1. The molecule has 11 nitrogen and oxygen atoms in total. The normalized spacial score (nSPS) is 17.7. The van der Waals surface area contributed by atoms with Crippen molar-refractivity contribution in [2.45, 2.75) is 82.9 Å². The number of nitrogens with zero attached hydrogens (tertiary/aromatic N) is 2. The molecular formula is C40H43ClF3N5O6. The van der Waals surface area contributed by atoms with Gasteiger partial charge in [0.25, 0.3) is 0 Å². The molecule has 4 N–H and O–H groups in total. The molecule has 2 aromatic carbocycles. The first kappa shape index (κ1) is 39.8. The van der Waals surface area contributed by atoms with Gasteiger partial charge in [0.2, 0.25) is 23.5 Å². The number of hydrogen-bond acceptors (Lipinski definition) is 9. The molecule has 6 rings (SSSR count). The van der Waals surface area contributed by atoms with Crippen molar-refractivity contribution in [3.63, 3.8) is 0 Å². The quantitative estimate of drug-likeness (QED) is 0.0972. The molecule has 1 saturated heterocycles. The predicted octanol–water partition coefficient (Wildman–Crippen LogP) is 7.28. The van der Waals surface area contributed by atoms with Crippen LogP contribution in [0.4, 0.5) is 13.2 Å². The summed E-state index contributed by atoms with van der Waals surface area (Å²) in [6.45, 7) is 4.02. The van der Waals surface area contributed by atoms with Gasteiger partial charge in [0, 0.05) is 54.4 Å². The molecule has 2 aromatic heterocycles. The topological polar surface area (TPSA) is 144 Å². The van der Waals surface area contributed by atoms with E-state index in [2.05, 4.69) is 20.9 Å². The van der Waals surface area contributed by atoms with E-state index >= 15 is 0 Å². The van der Waals surface area contributed by atoms with Crippen molar-refractivity contribution in [1.29, 1.82) is 0 Å². The second-order valence-electron chi connectivity index (χ2n) is 13.8. The summed E-state index contributed by atoms with van der Waals surface area (Å²) in [5.41, 5.74) is 2.87. The molecule has 1 amide bonds. The molecule has 1 fully saturated rings. The van der Waals surface area contributed by atoms with E-state index in [1.807, 2.05) is 48.5 Å². The van der Waals surface area contributed by atoms with E-state index in [9.17, 15) is 27.9 Å². The molecule has 4 aromatic rings. The van der Waals surface area contributed by atoms with Crippen LogP contribution in [0.25, 0.3) is 22.4 Å². The SMILES string of the molecule is CCC(C)(NCc1cc(C(F)(F)F)c(O[C@H]2CCc3c(-c4cccc(-c5ccc(CNC[C@@H]6CCC(=O)N6)c(OC)n5)c4Cl)cccc32)nc1OC)C(=O)O. The number of rotatable bonds is 15. The lowest BCUT2D eigenvalue weighted by atomic mass is 9.94. The maximum absolute atomic E-state index is 14.5. The maximum Gasteiger partial charge on any atom is 0.421 e. The number of ether oxygens (including phenoxy) is 3. The van der Waals surface area contributed by atoms with Crippen LogP contribution in [0.2, 0.25) is 5.02 Å². The van der Waals surface area contributed by atoms with Gasteiger partial charge in [-0.3, -0.25) is 14.9 Å². The molecule has 0 bridgehead atoms. The Kier molecular flexibility index (Phi) is 11.9. The molecule has 0 radical (unpaired) electrons. The van der Waals surface area contributed by atoms with Gasteiger partial charge in [-0.25, -0.2) is 4.98 Å². The number of pyridine rings is 2. The van der Waals surface area contributed by atoms with Crippen molar-refractivity contribution in [2.24, 2.45) is 0 Å². The number of hydrogen-bond donors (Lipinski definition) is 4. The van der Waals surface area contributed by atoms with Crippen LogP contribution in [-0.2, 0) is 35.3 Å². The number of carboxylic acids is 1. The number of amides is 1. The van der Waals surface area contributed by atoms with Gasteiger partial charge in [-0.05, 0) is 61.4 Å². The number of carbonyl (C=O) groups is 2. The zero-order chi connectivity index (χ0) is 39.5. The van der Waals surface area contributed by atoms with Crippen molar-refractivity contribution >= 4 is 23.5 Å². The average Bonchev–Trinajstić information content (AvgIpc) is 3.78. The summed E-state index contributed by atoms with van der Waals surface area (Å²) in [5, 5.41) is 19.2. The van der Waals surface area contributed by atoms with Gasteiger partial charge in [0.15, 0.2) is 0 Å². The summed E-state index contributed by atoms with van der Waals surface area (Å²) in [6.07, 6.45) is -3.13. The minimum Gasteiger partial charge on any atom is -0.481 e. The lowest BCUT2D eigenvalue weighted by Gasteiger charge is -2.26. The van der Waals surface area contributed by atoms with E-state index in [4.69, 9.17) is 30.8 Å². The van der Waals surface area contributed by atoms with Crippen LogP contribution >= 0.6 is 11.6 Å². The van der Waals surface area contributed by atoms with E-state index in [1.54, 1.807) is 14.0 Å². The molecule has 1 aliphatic heterocycles. The highest BCUT2D eigenvalue weighted by Crippen LogP contribution is 2.46.